The molecule has 1 fully saturated rings. The van der Waals surface area contributed by atoms with Crippen molar-refractivity contribution < 1.29 is 13.9 Å². The van der Waals surface area contributed by atoms with Crippen LogP contribution in [0.2, 0.25) is 0 Å². The lowest BCUT2D eigenvalue weighted by Crippen LogP contribution is -2.21. The van der Waals surface area contributed by atoms with E-state index in [0.717, 1.165) is 19.3 Å². The lowest BCUT2D eigenvalue weighted by Gasteiger charge is -2.20. The smallest absolute Gasteiger partial charge is 0.168 e. The second-order valence-electron chi connectivity index (χ2n) is 4.55. The van der Waals surface area contributed by atoms with E-state index in [4.69, 9.17) is 4.74 Å². The van der Waals surface area contributed by atoms with Crippen molar-refractivity contribution in [2.24, 2.45) is 5.92 Å². The zero-order valence-electron chi connectivity index (χ0n) is 10.0. The minimum atomic E-state index is -0.326. The number of ether oxygens (including phenoxy) is 1. The standard InChI is InChI=1S/C14H17FO2/c1-17-13-8-4-6-11(14(13)15)9-10-5-2-3-7-12(10)16/h4,6,8,10H,2-3,5,7,9H2,1H3. The summed E-state index contributed by atoms with van der Waals surface area (Å²) in [5, 5.41) is 0. The summed E-state index contributed by atoms with van der Waals surface area (Å²) in [6, 6.07) is 5.10. The monoisotopic (exact) mass is 236 g/mol. The fraction of sp³-hybridized carbons (Fsp3) is 0.500. The van der Waals surface area contributed by atoms with Crippen LogP contribution < -0.4 is 4.74 Å². The first-order valence-electron chi connectivity index (χ1n) is 6.06. The molecule has 0 saturated heterocycles. The van der Waals surface area contributed by atoms with E-state index in [9.17, 15) is 9.18 Å². The van der Waals surface area contributed by atoms with Gasteiger partial charge in [-0.3, -0.25) is 4.79 Å². The fourth-order valence-corrected chi connectivity index (χ4v) is 2.41. The van der Waals surface area contributed by atoms with Crippen LogP contribution in [0.4, 0.5) is 4.39 Å². The first kappa shape index (κ1) is 12.1. The molecule has 2 rings (SSSR count). The van der Waals surface area contributed by atoms with E-state index >= 15 is 0 Å². The molecule has 1 aliphatic rings. The molecule has 1 saturated carbocycles. The van der Waals surface area contributed by atoms with Gasteiger partial charge in [0.15, 0.2) is 11.6 Å². The maximum absolute atomic E-state index is 13.9. The Morgan fingerprint density at radius 3 is 2.94 bits per heavy atom. The van der Waals surface area contributed by atoms with Gasteiger partial charge in [-0.1, -0.05) is 18.6 Å². The molecule has 2 nitrogen and oxygen atoms in total. The highest BCUT2D eigenvalue weighted by atomic mass is 19.1. The van der Waals surface area contributed by atoms with Crippen LogP contribution >= 0.6 is 0 Å². The highest BCUT2D eigenvalue weighted by molar-refractivity contribution is 5.81. The van der Waals surface area contributed by atoms with Crippen molar-refractivity contribution in [1.82, 2.24) is 0 Å². The van der Waals surface area contributed by atoms with Crippen molar-refractivity contribution >= 4 is 5.78 Å². The molecule has 0 radical (unpaired) electrons. The molecule has 0 bridgehead atoms. The zero-order chi connectivity index (χ0) is 12.3. The Labute approximate surface area is 101 Å². The summed E-state index contributed by atoms with van der Waals surface area (Å²) in [7, 11) is 1.45. The molecular formula is C14H17FO2. The number of carbonyl (C=O) groups is 1. The number of rotatable bonds is 3. The van der Waals surface area contributed by atoms with Gasteiger partial charge in [0.1, 0.15) is 5.78 Å². The highest BCUT2D eigenvalue weighted by Crippen LogP contribution is 2.27. The third kappa shape index (κ3) is 2.65. The maximum Gasteiger partial charge on any atom is 0.168 e. The Morgan fingerprint density at radius 1 is 1.41 bits per heavy atom. The summed E-state index contributed by atoms with van der Waals surface area (Å²) in [6.45, 7) is 0. The Bertz CT molecular complexity index is 415. The molecule has 0 N–H and O–H groups in total. The third-order valence-electron chi connectivity index (χ3n) is 3.41. The van der Waals surface area contributed by atoms with Crippen LogP contribution in [-0.2, 0) is 11.2 Å². The molecule has 92 valence electrons. The third-order valence-corrected chi connectivity index (χ3v) is 3.41. The Kier molecular flexibility index (Phi) is 3.77. The van der Waals surface area contributed by atoms with Gasteiger partial charge in [0.2, 0.25) is 0 Å². The molecule has 1 aromatic rings. The molecule has 0 spiro atoms. The number of benzene rings is 1. The molecule has 1 unspecified atom stereocenters. The number of hydrogen-bond acceptors (Lipinski definition) is 2. The summed E-state index contributed by atoms with van der Waals surface area (Å²) in [5.74, 6) is 0.197. The van der Waals surface area contributed by atoms with Gasteiger partial charge in [0, 0.05) is 12.3 Å². The normalized spacial score (nSPS) is 20.4. The SMILES string of the molecule is COc1cccc(CC2CCCCC2=O)c1F. The molecule has 3 heteroatoms. The van der Waals surface area contributed by atoms with E-state index in [1.165, 1.54) is 7.11 Å². The number of ketones is 1. The Balaban J connectivity index is 2.15. The van der Waals surface area contributed by atoms with Crippen LogP contribution in [0.15, 0.2) is 18.2 Å². The summed E-state index contributed by atoms with van der Waals surface area (Å²) in [4.78, 5) is 11.7. The van der Waals surface area contributed by atoms with Gasteiger partial charge in [-0.05, 0) is 30.9 Å². The average molecular weight is 236 g/mol. The van der Waals surface area contributed by atoms with Gasteiger partial charge in [-0.25, -0.2) is 4.39 Å². The van der Waals surface area contributed by atoms with Gasteiger partial charge in [-0.15, -0.1) is 0 Å². The molecule has 1 aromatic carbocycles. The topological polar surface area (TPSA) is 26.3 Å². The van der Waals surface area contributed by atoms with E-state index in [1.807, 2.05) is 0 Å². The molecule has 0 aromatic heterocycles. The van der Waals surface area contributed by atoms with Gasteiger partial charge >= 0.3 is 0 Å². The van der Waals surface area contributed by atoms with Crippen molar-refractivity contribution in [2.75, 3.05) is 7.11 Å². The Morgan fingerprint density at radius 2 is 2.24 bits per heavy atom. The molecule has 0 heterocycles. The second kappa shape index (κ2) is 5.30. The predicted octanol–water partition coefficient (Wildman–Crippen LogP) is 3.14. The number of halogens is 1. The van der Waals surface area contributed by atoms with E-state index in [1.54, 1.807) is 18.2 Å². The van der Waals surface area contributed by atoms with Crippen molar-refractivity contribution in [2.45, 2.75) is 32.1 Å². The largest absolute Gasteiger partial charge is 0.494 e. The van der Waals surface area contributed by atoms with Gasteiger partial charge in [-0.2, -0.15) is 0 Å². The summed E-state index contributed by atoms with van der Waals surface area (Å²) in [5.41, 5.74) is 0.588. The van der Waals surface area contributed by atoms with Crippen LogP contribution in [0.3, 0.4) is 0 Å². The molecule has 1 atom stereocenters. The number of Topliss-reactive ketones (excluding diaryl/α,β-unsaturated/α-hetero) is 1. The number of methoxy groups -OCH3 is 1. The molecule has 0 aliphatic heterocycles. The van der Waals surface area contributed by atoms with Crippen molar-refractivity contribution in [3.8, 4) is 5.75 Å². The predicted molar refractivity (Wildman–Crippen MR) is 63.6 cm³/mol. The number of hydrogen-bond donors (Lipinski definition) is 0. The van der Waals surface area contributed by atoms with Crippen LogP contribution in [0.1, 0.15) is 31.2 Å². The first-order chi connectivity index (χ1) is 8.22. The quantitative estimate of drug-likeness (QED) is 0.806. The van der Waals surface area contributed by atoms with E-state index in [2.05, 4.69) is 0 Å². The van der Waals surface area contributed by atoms with E-state index in [0.29, 0.717) is 18.4 Å². The average Bonchev–Trinajstić information content (AvgIpc) is 2.34. The summed E-state index contributed by atoms with van der Waals surface area (Å²) in [6.07, 6.45) is 4.09. The Hall–Kier alpha value is -1.38. The second-order valence-corrected chi connectivity index (χ2v) is 4.55. The number of carbonyl (C=O) groups excluding carboxylic acids is 1. The minimum absolute atomic E-state index is 0.00893. The minimum Gasteiger partial charge on any atom is -0.494 e. The van der Waals surface area contributed by atoms with Crippen molar-refractivity contribution in [3.05, 3.63) is 29.6 Å². The van der Waals surface area contributed by atoms with Crippen LogP contribution in [-0.4, -0.2) is 12.9 Å². The fourth-order valence-electron chi connectivity index (χ4n) is 2.41. The van der Waals surface area contributed by atoms with E-state index < -0.39 is 0 Å². The van der Waals surface area contributed by atoms with Crippen LogP contribution in [0.5, 0.6) is 5.75 Å². The van der Waals surface area contributed by atoms with Crippen molar-refractivity contribution in [3.63, 3.8) is 0 Å². The molecule has 0 amide bonds. The highest BCUT2D eigenvalue weighted by Gasteiger charge is 2.23. The van der Waals surface area contributed by atoms with Gasteiger partial charge in [0.25, 0.3) is 0 Å². The van der Waals surface area contributed by atoms with Crippen LogP contribution in [0, 0.1) is 11.7 Å². The van der Waals surface area contributed by atoms with Gasteiger partial charge in [0.05, 0.1) is 7.11 Å². The molecule has 17 heavy (non-hydrogen) atoms. The maximum atomic E-state index is 13.9. The zero-order valence-corrected chi connectivity index (χ0v) is 10.0. The lowest BCUT2D eigenvalue weighted by molar-refractivity contribution is -0.124. The van der Waals surface area contributed by atoms with Crippen LogP contribution in [0.25, 0.3) is 0 Å². The van der Waals surface area contributed by atoms with E-state index in [-0.39, 0.29) is 23.3 Å². The van der Waals surface area contributed by atoms with Crippen molar-refractivity contribution in [1.29, 1.82) is 0 Å². The first-order valence-corrected chi connectivity index (χ1v) is 6.06. The molecule has 1 aliphatic carbocycles. The van der Waals surface area contributed by atoms with Gasteiger partial charge < -0.3 is 4.74 Å². The lowest BCUT2D eigenvalue weighted by atomic mass is 9.83. The summed E-state index contributed by atoms with van der Waals surface area (Å²) < 4.78 is 18.9. The molecular weight excluding hydrogens is 219 g/mol. The summed E-state index contributed by atoms with van der Waals surface area (Å²) >= 11 is 0.